The highest BCUT2D eigenvalue weighted by Crippen LogP contribution is 2.72. The summed E-state index contributed by atoms with van der Waals surface area (Å²) in [7, 11) is 0. The highest BCUT2D eigenvalue weighted by Gasteiger charge is 2.69. The number of hydrogen-bond acceptors (Lipinski definition) is 3. The van der Waals surface area contributed by atoms with Gasteiger partial charge < -0.3 is 5.11 Å². The minimum atomic E-state index is -1.20. The summed E-state index contributed by atoms with van der Waals surface area (Å²) in [5.41, 5.74) is -0.566. The Bertz CT molecular complexity index is 797. The summed E-state index contributed by atoms with van der Waals surface area (Å²) < 4.78 is 0. The van der Waals surface area contributed by atoms with Crippen molar-refractivity contribution in [2.45, 2.75) is 58.5 Å². The molecule has 4 heteroatoms. The fourth-order valence-electron chi connectivity index (χ4n) is 7.56. The maximum Gasteiger partial charge on any atom is 0.161 e. The van der Waals surface area contributed by atoms with Crippen LogP contribution in [-0.2, 0) is 9.59 Å². The molecule has 5 rings (SSSR count). The highest BCUT2D eigenvalue weighted by molar-refractivity contribution is 6.32. The molecule has 3 nitrogen and oxygen atoms in total. The molecule has 0 unspecified atom stereocenters. The van der Waals surface area contributed by atoms with Gasteiger partial charge in [0, 0.05) is 21.8 Å². The van der Waals surface area contributed by atoms with E-state index in [-0.39, 0.29) is 40.2 Å². The van der Waals surface area contributed by atoms with Crippen molar-refractivity contribution in [1.82, 2.24) is 0 Å². The van der Waals surface area contributed by atoms with Crippen LogP contribution in [0.2, 0.25) is 0 Å². The quantitative estimate of drug-likeness (QED) is 0.753. The number of rotatable bonds is 1. The number of halogens is 1. The lowest BCUT2D eigenvalue weighted by Gasteiger charge is -2.57. The third-order valence-electron chi connectivity index (χ3n) is 9.23. The molecule has 0 spiro atoms. The van der Waals surface area contributed by atoms with Crippen LogP contribution in [-0.4, -0.2) is 22.3 Å². The van der Waals surface area contributed by atoms with Crippen LogP contribution in [0.1, 0.15) is 52.9 Å². The number of Topliss-reactive ketones (excluding diaryl/α,β-unsaturated/α-hetero) is 1. The first-order valence-electron chi connectivity index (χ1n) is 10.0. The van der Waals surface area contributed by atoms with Crippen molar-refractivity contribution >= 4 is 23.2 Å². The van der Waals surface area contributed by atoms with E-state index in [1.165, 1.54) is 6.92 Å². The molecule has 1 N–H and O–H groups in total. The van der Waals surface area contributed by atoms with Crippen LogP contribution in [0.4, 0.5) is 0 Å². The summed E-state index contributed by atoms with van der Waals surface area (Å²) in [5, 5.41) is 11.9. The lowest BCUT2D eigenvalue weighted by molar-refractivity contribution is -0.157. The Morgan fingerprint density at radius 2 is 1.88 bits per heavy atom. The molecule has 0 aromatic carbocycles. The summed E-state index contributed by atoms with van der Waals surface area (Å²) in [5.74, 6) is 1.78. The lowest BCUT2D eigenvalue weighted by atomic mass is 9.47. The molecule has 140 valence electrons. The van der Waals surface area contributed by atoms with E-state index in [1.54, 1.807) is 0 Å². The zero-order valence-corrected chi connectivity index (χ0v) is 16.5. The second kappa shape index (κ2) is 4.91. The zero-order chi connectivity index (χ0) is 18.6. The molecule has 0 amide bonds. The van der Waals surface area contributed by atoms with Crippen LogP contribution in [0.5, 0.6) is 0 Å². The Hall–Kier alpha value is -0.930. The van der Waals surface area contributed by atoms with Crippen molar-refractivity contribution in [3.05, 3.63) is 22.8 Å². The number of hydrogen-bond donors (Lipinski definition) is 1. The molecular weight excluding hydrogens is 348 g/mol. The average Bonchev–Trinajstić information content (AvgIpc) is 3.33. The Kier molecular flexibility index (Phi) is 3.25. The van der Waals surface area contributed by atoms with Gasteiger partial charge in [-0.1, -0.05) is 31.5 Å². The van der Waals surface area contributed by atoms with E-state index in [0.717, 1.165) is 36.3 Å². The van der Waals surface area contributed by atoms with E-state index in [0.29, 0.717) is 18.3 Å². The third-order valence-corrected chi connectivity index (χ3v) is 9.56. The Balaban J connectivity index is 1.62. The predicted octanol–water partition coefficient (Wildman–Crippen LogP) is 4.04. The lowest BCUT2D eigenvalue weighted by Crippen LogP contribution is -2.56. The maximum atomic E-state index is 12.3. The molecule has 0 aromatic heterocycles. The second-order valence-corrected chi connectivity index (χ2v) is 10.3. The SMILES string of the molecule is CC(=O)[C@@]1(O)CC[C@@H]2[C@@H]3C=C(Cl)C4=CC(=O)[C@@H]5C[C@@H]5[C@]4(C)[C@@H]3CC[C@]21C. The number of aliphatic hydroxyl groups is 1. The van der Waals surface area contributed by atoms with Gasteiger partial charge in [0.2, 0.25) is 0 Å². The molecule has 0 aliphatic heterocycles. The molecule has 0 bridgehead atoms. The summed E-state index contributed by atoms with van der Waals surface area (Å²) in [6.07, 6.45) is 8.25. The number of allylic oxidation sites excluding steroid dienone is 4. The molecule has 0 aromatic rings. The van der Waals surface area contributed by atoms with Crippen molar-refractivity contribution in [2.75, 3.05) is 0 Å². The normalized spacial score (nSPS) is 54.3. The van der Waals surface area contributed by atoms with Crippen LogP contribution in [0.3, 0.4) is 0 Å². The molecular formula is C22H27ClO3. The van der Waals surface area contributed by atoms with Crippen LogP contribution >= 0.6 is 11.6 Å². The van der Waals surface area contributed by atoms with Gasteiger partial charge >= 0.3 is 0 Å². The van der Waals surface area contributed by atoms with Crippen LogP contribution in [0.15, 0.2) is 22.8 Å². The Labute approximate surface area is 159 Å². The first-order valence-corrected chi connectivity index (χ1v) is 10.4. The van der Waals surface area contributed by atoms with E-state index in [1.807, 2.05) is 6.08 Å². The molecule has 3 saturated carbocycles. The van der Waals surface area contributed by atoms with Gasteiger partial charge in [0.05, 0.1) is 0 Å². The van der Waals surface area contributed by atoms with E-state index < -0.39 is 5.60 Å². The highest BCUT2D eigenvalue weighted by atomic mass is 35.5. The summed E-state index contributed by atoms with van der Waals surface area (Å²) in [4.78, 5) is 24.6. The molecule has 8 atom stereocenters. The maximum absolute atomic E-state index is 12.3. The number of carbonyl (C=O) groups is 2. The van der Waals surface area contributed by atoms with Gasteiger partial charge in [0.15, 0.2) is 11.6 Å². The molecule has 0 heterocycles. The second-order valence-electron chi connectivity index (χ2n) is 9.91. The molecule has 26 heavy (non-hydrogen) atoms. The van der Waals surface area contributed by atoms with Gasteiger partial charge in [-0.25, -0.2) is 0 Å². The average molecular weight is 375 g/mol. The summed E-state index contributed by atoms with van der Waals surface area (Å²) in [6.45, 7) is 5.97. The summed E-state index contributed by atoms with van der Waals surface area (Å²) in [6, 6.07) is 0. The fourth-order valence-corrected chi connectivity index (χ4v) is 7.96. The molecule has 3 fully saturated rings. The summed E-state index contributed by atoms with van der Waals surface area (Å²) >= 11 is 6.73. The van der Waals surface area contributed by atoms with Gasteiger partial charge in [-0.05, 0) is 74.3 Å². The van der Waals surface area contributed by atoms with Gasteiger partial charge in [0.1, 0.15) is 5.60 Å². The largest absolute Gasteiger partial charge is 0.382 e. The Morgan fingerprint density at radius 3 is 2.58 bits per heavy atom. The van der Waals surface area contributed by atoms with E-state index in [9.17, 15) is 14.7 Å². The van der Waals surface area contributed by atoms with Crippen molar-refractivity contribution < 1.29 is 14.7 Å². The van der Waals surface area contributed by atoms with Gasteiger partial charge in [-0.2, -0.15) is 0 Å². The van der Waals surface area contributed by atoms with Gasteiger partial charge in [-0.3, -0.25) is 9.59 Å². The zero-order valence-electron chi connectivity index (χ0n) is 15.7. The molecule has 5 aliphatic rings. The predicted molar refractivity (Wildman–Crippen MR) is 99.4 cm³/mol. The van der Waals surface area contributed by atoms with Crippen LogP contribution < -0.4 is 0 Å². The van der Waals surface area contributed by atoms with Gasteiger partial charge in [-0.15, -0.1) is 0 Å². The molecule has 0 radical (unpaired) electrons. The van der Waals surface area contributed by atoms with Crippen LogP contribution in [0.25, 0.3) is 0 Å². The number of carbonyl (C=O) groups excluding carboxylic acids is 2. The third kappa shape index (κ3) is 1.75. The topological polar surface area (TPSA) is 54.4 Å². The minimum Gasteiger partial charge on any atom is -0.382 e. The van der Waals surface area contributed by atoms with E-state index in [4.69, 9.17) is 11.6 Å². The van der Waals surface area contributed by atoms with Crippen LogP contribution in [0, 0.1) is 40.4 Å². The van der Waals surface area contributed by atoms with E-state index in [2.05, 4.69) is 19.9 Å². The number of ketones is 2. The van der Waals surface area contributed by atoms with Crippen molar-refractivity contribution in [2.24, 2.45) is 40.4 Å². The smallest absolute Gasteiger partial charge is 0.161 e. The fraction of sp³-hybridized carbons (Fsp3) is 0.727. The van der Waals surface area contributed by atoms with Crippen molar-refractivity contribution in [3.63, 3.8) is 0 Å². The van der Waals surface area contributed by atoms with E-state index >= 15 is 0 Å². The van der Waals surface area contributed by atoms with Gasteiger partial charge in [0.25, 0.3) is 0 Å². The molecule has 0 saturated heterocycles. The van der Waals surface area contributed by atoms with Crippen molar-refractivity contribution in [1.29, 1.82) is 0 Å². The Morgan fingerprint density at radius 1 is 1.19 bits per heavy atom. The standard InChI is InChI=1S/C22H27ClO3/c1-11(24)22(26)7-5-14-12-9-18(23)17-10-19(25)13-8-16(13)21(17,3)15(12)4-6-20(14,22)2/h9-10,12-16,26H,4-8H2,1-3H3/t12-,13+,14+,15+,16-,20+,21-,22-/m0/s1. The monoisotopic (exact) mass is 374 g/mol. The molecule has 5 aliphatic carbocycles. The number of fused-ring (bicyclic) bond motifs is 7. The first-order chi connectivity index (χ1) is 12.1. The first kappa shape index (κ1) is 17.2. The van der Waals surface area contributed by atoms with Crippen molar-refractivity contribution in [3.8, 4) is 0 Å². The minimum absolute atomic E-state index is 0.0344.